The lowest BCUT2D eigenvalue weighted by atomic mass is 10.0. The van der Waals surface area contributed by atoms with Crippen molar-refractivity contribution >= 4 is 0 Å². The van der Waals surface area contributed by atoms with Gasteiger partial charge in [0.15, 0.2) is 0 Å². The van der Waals surface area contributed by atoms with Crippen molar-refractivity contribution in [1.82, 2.24) is 0 Å². The van der Waals surface area contributed by atoms with E-state index >= 15 is 0 Å². The van der Waals surface area contributed by atoms with E-state index < -0.39 is 0 Å². The Hall–Kier alpha value is -1.28. The van der Waals surface area contributed by atoms with E-state index in [2.05, 4.69) is 6.58 Å². The standard InChI is InChI=1S/C11H14O2/c1-8(2)6-9-4-3-5-10(7-12)11(9)13/h3-5,12-13H,1,6-7H2,2H3. The minimum absolute atomic E-state index is 0.129. The van der Waals surface area contributed by atoms with E-state index in [1.54, 1.807) is 6.07 Å². The minimum Gasteiger partial charge on any atom is -0.507 e. The summed E-state index contributed by atoms with van der Waals surface area (Å²) in [6, 6.07) is 5.37. The van der Waals surface area contributed by atoms with Crippen LogP contribution in [-0.4, -0.2) is 10.2 Å². The van der Waals surface area contributed by atoms with Gasteiger partial charge in [0.25, 0.3) is 0 Å². The van der Waals surface area contributed by atoms with Gasteiger partial charge in [0, 0.05) is 5.56 Å². The summed E-state index contributed by atoms with van der Waals surface area (Å²) in [7, 11) is 0. The lowest BCUT2D eigenvalue weighted by Crippen LogP contribution is -1.91. The van der Waals surface area contributed by atoms with Crippen LogP contribution in [0.15, 0.2) is 30.4 Å². The van der Waals surface area contributed by atoms with Crippen LogP contribution in [0.25, 0.3) is 0 Å². The Morgan fingerprint density at radius 2 is 2.00 bits per heavy atom. The molecule has 0 saturated heterocycles. The van der Waals surface area contributed by atoms with E-state index in [0.717, 1.165) is 11.1 Å². The molecule has 1 aromatic rings. The summed E-state index contributed by atoms with van der Waals surface area (Å²) < 4.78 is 0. The van der Waals surface area contributed by atoms with Gasteiger partial charge < -0.3 is 10.2 Å². The van der Waals surface area contributed by atoms with E-state index in [1.807, 2.05) is 19.1 Å². The molecule has 0 fully saturated rings. The Morgan fingerprint density at radius 1 is 1.38 bits per heavy atom. The zero-order chi connectivity index (χ0) is 9.84. The highest BCUT2D eigenvalue weighted by Crippen LogP contribution is 2.24. The number of aliphatic hydroxyl groups excluding tert-OH is 1. The zero-order valence-electron chi connectivity index (χ0n) is 7.75. The van der Waals surface area contributed by atoms with Gasteiger partial charge in [-0.15, -0.1) is 0 Å². The summed E-state index contributed by atoms with van der Waals surface area (Å²) in [4.78, 5) is 0. The first-order chi connectivity index (χ1) is 6.15. The molecule has 1 rings (SSSR count). The fourth-order valence-corrected chi connectivity index (χ4v) is 1.24. The van der Waals surface area contributed by atoms with Crippen LogP contribution in [0.3, 0.4) is 0 Å². The van der Waals surface area contributed by atoms with Gasteiger partial charge in [-0.25, -0.2) is 0 Å². The summed E-state index contributed by atoms with van der Waals surface area (Å²) in [5.74, 6) is 0.188. The van der Waals surface area contributed by atoms with Crippen LogP contribution in [0.4, 0.5) is 0 Å². The first kappa shape index (κ1) is 9.81. The molecule has 0 heterocycles. The van der Waals surface area contributed by atoms with Gasteiger partial charge in [-0.3, -0.25) is 0 Å². The highest BCUT2D eigenvalue weighted by Gasteiger charge is 2.05. The van der Waals surface area contributed by atoms with E-state index in [1.165, 1.54) is 0 Å². The maximum absolute atomic E-state index is 9.64. The lowest BCUT2D eigenvalue weighted by Gasteiger charge is -2.07. The monoisotopic (exact) mass is 178 g/mol. The van der Waals surface area contributed by atoms with Gasteiger partial charge >= 0.3 is 0 Å². The Labute approximate surface area is 78.2 Å². The maximum Gasteiger partial charge on any atom is 0.124 e. The van der Waals surface area contributed by atoms with Crippen molar-refractivity contribution in [2.75, 3.05) is 0 Å². The average Bonchev–Trinajstić information content (AvgIpc) is 2.08. The van der Waals surface area contributed by atoms with Gasteiger partial charge in [0.2, 0.25) is 0 Å². The molecule has 0 amide bonds. The molecule has 2 nitrogen and oxygen atoms in total. The van der Waals surface area contributed by atoms with Crippen molar-refractivity contribution in [2.45, 2.75) is 20.0 Å². The molecule has 70 valence electrons. The number of benzene rings is 1. The predicted octanol–water partition coefficient (Wildman–Crippen LogP) is 2.00. The molecule has 2 N–H and O–H groups in total. The van der Waals surface area contributed by atoms with E-state index in [9.17, 15) is 5.11 Å². The molecule has 0 radical (unpaired) electrons. The van der Waals surface area contributed by atoms with Crippen molar-refractivity contribution in [2.24, 2.45) is 0 Å². The number of allylic oxidation sites excluding steroid dienone is 1. The fourth-order valence-electron chi connectivity index (χ4n) is 1.24. The van der Waals surface area contributed by atoms with Crippen LogP contribution in [0.2, 0.25) is 0 Å². The third-order valence-electron chi connectivity index (χ3n) is 1.87. The first-order valence-electron chi connectivity index (χ1n) is 4.20. The Balaban J connectivity index is 3.01. The SMILES string of the molecule is C=C(C)Cc1cccc(CO)c1O. The number of hydrogen-bond acceptors (Lipinski definition) is 2. The molecule has 0 spiro atoms. The van der Waals surface area contributed by atoms with Crippen molar-refractivity contribution in [3.05, 3.63) is 41.5 Å². The number of rotatable bonds is 3. The van der Waals surface area contributed by atoms with E-state index in [-0.39, 0.29) is 12.4 Å². The maximum atomic E-state index is 9.64. The minimum atomic E-state index is -0.129. The first-order valence-corrected chi connectivity index (χ1v) is 4.20. The van der Waals surface area contributed by atoms with Crippen LogP contribution < -0.4 is 0 Å². The Bertz CT molecular complexity index is 316. The molecular weight excluding hydrogens is 164 g/mol. The van der Waals surface area contributed by atoms with Crippen molar-refractivity contribution in [3.8, 4) is 5.75 Å². The molecule has 13 heavy (non-hydrogen) atoms. The van der Waals surface area contributed by atoms with Crippen LogP contribution in [0.5, 0.6) is 5.75 Å². The Morgan fingerprint density at radius 3 is 2.54 bits per heavy atom. The number of phenols is 1. The average molecular weight is 178 g/mol. The number of hydrogen-bond donors (Lipinski definition) is 2. The highest BCUT2D eigenvalue weighted by atomic mass is 16.3. The van der Waals surface area contributed by atoms with Gasteiger partial charge in [0.1, 0.15) is 5.75 Å². The van der Waals surface area contributed by atoms with Gasteiger partial charge in [-0.1, -0.05) is 30.4 Å². The van der Waals surface area contributed by atoms with Crippen LogP contribution in [0, 0.1) is 0 Å². The normalized spacial score (nSPS) is 10.0. The largest absolute Gasteiger partial charge is 0.507 e. The highest BCUT2D eigenvalue weighted by molar-refractivity contribution is 5.41. The van der Waals surface area contributed by atoms with E-state index in [0.29, 0.717) is 12.0 Å². The molecule has 0 aliphatic carbocycles. The fraction of sp³-hybridized carbons (Fsp3) is 0.273. The third-order valence-corrected chi connectivity index (χ3v) is 1.87. The quantitative estimate of drug-likeness (QED) is 0.695. The van der Waals surface area contributed by atoms with Crippen LogP contribution in [0.1, 0.15) is 18.1 Å². The second kappa shape index (κ2) is 4.10. The van der Waals surface area contributed by atoms with Crippen LogP contribution >= 0.6 is 0 Å². The molecule has 0 aliphatic heterocycles. The summed E-state index contributed by atoms with van der Waals surface area (Å²) in [6.45, 7) is 5.55. The van der Waals surface area contributed by atoms with Crippen molar-refractivity contribution < 1.29 is 10.2 Å². The molecule has 0 unspecified atom stereocenters. The van der Waals surface area contributed by atoms with Gasteiger partial charge in [-0.2, -0.15) is 0 Å². The molecule has 0 aliphatic rings. The molecular formula is C11H14O2. The topological polar surface area (TPSA) is 40.5 Å². The molecule has 0 saturated carbocycles. The van der Waals surface area contributed by atoms with Crippen molar-refractivity contribution in [3.63, 3.8) is 0 Å². The molecule has 2 heteroatoms. The summed E-state index contributed by atoms with van der Waals surface area (Å²) in [5.41, 5.74) is 2.38. The van der Waals surface area contributed by atoms with Gasteiger partial charge in [-0.05, 0) is 18.9 Å². The number of para-hydroxylation sites is 1. The molecule has 1 aromatic carbocycles. The second-order valence-electron chi connectivity index (χ2n) is 3.22. The second-order valence-corrected chi connectivity index (χ2v) is 3.22. The predicted molar refractivity (Wildman–Crippen MR) is 52.5 cm³/mol. The summed E-state index contributed by atoms with van der Waals surface area (Å²) in [6.07, 6.45) is 0.652. The molecule has 0 bridgehead atoms. The summed E-state index contributed by atoms with van der Waals surface area (Å²) >= 11 is 0. The van der Waals surface area contributed by atoms with Crippen LogP contribution in [-0.2, 0) is 13.0 Å². The van der Waals surface area contributed by atoms with E-state index in [4.69, 9.17) is 5.11 Å². The number of aliphatic hydroxyl groups is 1. The molecule has 0 aromatic heterocycles. The number of aromatic hydroxyl groups is 1. The Kier molecular flexibility index (Phi) is 3.09. The third kappa shape index (κ3) is 2.33. The lowest BCUT2D eigenvalue weighted by molar-refractivity contribution is 0.275. The van der Waals surface area contributed by atoms with Gasteiger partial charge in [0.05, 0.1) is 6.61 Å². The summed E-state index contributed by atoms with van der Waals surface area (Å²) in [5, 5.41) is 18.5. The zero-order valence-corrected chi connectivity index (χ0v) is 7.75. The molecule has 0 atom stereocenters. The smallest absolute Gasteiger partial charge is 0.124 e. The van der Waals surface area contributed by atoms with Crippen molar-refractivity contribution in [1.29, 1.82) is 0 Å².